The van der Waals surface area contributed by atoms with Crippen LogP contribution in [0.5, 0.6) is 5.75 Å². The summed E-state index contributed by atoms with van der Waals surface area (Å²) in [5, 5.41) is 3.17. The van der Waals surface area contributed by atoms with E-state index in [9.17, 15) is 4.79 Å². The molecule has 120 valence electrons. The quantitative estimate of drug-likeness (QED) is 0.915. The first-order valence-electron chi connectivity index (χ1n) is 8.00. The molecule has 1 aliphatic carbocycles. The van der Waals surface area contributed by atoms with E-state index in [0.717, 1.165) is 41.0 Å². The smallest absolute Gasteiger partial charge is 0.235 e. The highest BCUT2D eigenvalue weighted by molar-refractivity contribution is 6.02. The summed E-state index contributed by atoms with van der Waals surface area (Å²) in [6, 6.07) is 12.1. The van der Waals surface area contributed by atoms with Crippen LogP contribution >= 0.6 is 0 Å². The van der Waals surface area contributed by atoms with Gasteiger partial charge in [0, 0.05) is 5.69 Å². The molecule has 3 rings (SSSR count). The van der Waals surface area contributed by atoms with Gasteiger partial charge in [-0.2, -0.15) is 0 Å². The van der Waals surface area contributed by atoms with Crippen LogP contribution in [-0.4, -0.2) is 13.0 Å². The third-order valence-corrected chi connectivity index (χ3v) is 4.74. The Morgan fingerprint density at radius 3 is 2.09 bits per heavy atom. The van der Waals surface area contributed by atoms with Crippen LogP contribution in [0.1, 0.15) is 35.1 Å². The summed E-state index contributed by atoms with van der Waals surface area (Å²) in [5.41, 5.74) is 5.08. The molecule has 0 aromatic heterocycles. The number of carbonyl (C=O) groups excluding carboxylic acids is 1. The van der Waals surface area contributed by atoms with Gasteiger partial charge >= 0.3 is 0 Å². The average Bonchev–Trinajstić information content (AvgIpc) is 3.32. The molecule has 0 spiro atoms. The molecule has 0 aliphatic heterocycles. The molecule has 1 amide bonds. The molecule has 0 saturated heterocycles. The second-order valence-corrected chi connectivity index (χ2v) is 6.54. The maximum atomic E-state index is 12.9. The first kappa shape index (κ1) is 15.6. The lowest BCUT2D eigenvalue weighted by Gasteiger charge is -2.19. The highest BCUT2D eigenvalue weighted by atomic mass is 16.5. The van der Waals surface area contributed by atoms with Crippen molar-refractivity contribution in [3.63, 3.8) is 0 Å². The van der Waals surface area contributed by atoms with Crippen LogP contribution in [0.25, 0.3) is 0 Å². The summed E-state index contributed by atoms with van der Waals surface area (Å²) in [4.78, 5) is 12.9. The van der Waals surface area contributed by atoms with Crippen LogP contribution < -0.4 is 10.1 Å². The second-order valence-electron chi connectivity index (χ2n) is 6.54. The lowest BCUT2D eigenvalue weighted by atomic mass is 9.94. The van der Waals surface area contributed by atoms with Gasteiger partial charge in [0.2, 0.25) is 5.91 Å². The topological polar surface area (TPSA) is 38.3 Å². The molecule has 23 heavy (non-hydrogen) atoms. The molecule has 2 aromatic rings. The number of methoxy groups -OCH3 is 1. The van der Waals surface area contributed by atoms with Gasteiger partial charge in [-0.05, 0) is 62.4 Å². The molecule has 0 radical (unpaired) electrons. The van der Waals surface area contributed by atoms with E-state index in [0.29, 0.717) is 0 Å². The molecule has 2 aromatic carbocycles. The maximum absolute atomic E-state index is 12.9. The lowest BCUT2D eigenvalue weighted by molar-refractivity contribution is -0.118. The van der Waals surface area contributed by atoms with Crippen LogP contribution in [0.4, 0.5) is 5.69 Å². The number of carbonyl (C=O) groups is 1. The zero-order valence-corrected chi connectivity index (χ0v) is 14.2. The van der Waals surface area contributed by atoms with Gasteiger partial charge in [0.25, 0.3) is 0 Å². The van der Waals surface area contributed by atoms with Gasteiger partial charge in [-0.3, -0.25) is 4.79 Å². The van der Waals surface area contributed by atoms with Gasteiger partial charge in [0.15, 0.2) is 0 Å². The number of benzene rings is 2. The molecular formula is C20H23NO2. The monoisotopic (exact) mass is 309 g/mol. The fraction of sp³-hybridized carbons (Fsp3) is 0.350. The summed E-state index contributed by atoms with van der Waals surface area (Å²) >= 11 is 0. The Morgan fingerprint density at radius 2 is 1.61 bits per heavy atom. The van der Waals surface area contributed by atoms with E-state index in [1.54, 1.807) is 7.11 Å². The van der Waals surface area contributed by atoms with Crippen molar-refractivity contribution in [1.29, 1.82) is 0 Å². The number of anilines is 1. The molecule has 3 heteroatoms. The zero-order chi connectivity index (χ0) is 16.6. The van der Waals surface area contributed by atoms with Gasteiger partial charge in [-0.1, -0.05) is 29.8 Å². The fourth-order valence-corrected chi connectivity index (χ4v) is 3.29. The Hall–Kier alpha value is -2.29. The third-order valence-electron chi connectivity index (χ3n) is 4.74. The Bertz CT molecular complexity index is 720. The molecule has 1 fully saturated rings. The van der Waals surface area contributed by atoms with Gasteiger partial charge in [0.1, 0.15) is 5.75 Å². The highest BCUT2D eigenvalue weighted by Crippen LogP contribution is 2.49. The molecule has 0 bridgehead atoms. The summed E-state index contributed by atoms with van der Waals surface area (Å²) in [5.74, 6) is 0.910. The second kappa shape index (κ2) is 5.73. The van der Waals surface area contributed by atoms with Crippen LogP contribution in [0.15, 0.2) is 36.4 Å². The van der Waals surface area contributed by atoms with E-state index in [1.165, 1.54) is 5.56 Å². The van der Waals surface area contributed by atoms with Crippen molar-refractivity contribution in [2.24, 2.45) is 0 Å². The number of amides is 1. The first-order valence-corrected chi connectivity index (χ1v) is 8.00. The molecule has 3 nitrogen and oxygen atoms in total. The predicted octanol–water partition coefficient (Wildman–Crippen LogP) is 4.29. The zero-order valence-electron chi connectivity index (χ0n) is 14.2. The Kier molecular flexibility index (Phi) is 3.88. The fourth-order valence-electron chi connectivity index (χ4n) is 3.29. The molecule has 0 heterocycles. The third kappa shape index (κ3) is 2.83. The minimum Gasteiger partial charge on any atom is -0.497 e. The van der Waals surface area contributed by atoms with Crippen molar-refractivity contribution in [3.8, 4) is 5.75 Å². The van der Waals surface area contributed by atoms with E-state index in [1.807, 2.05) is 38.1 Å². The van der Waals surface area contributed by atoms with Crippen LogP contribution in [0.2, 0.25) is 0 Å². The number of hydrogen-bond acceptors (Lipinski definition) is 2. The summed E-state index contributed by atoms with van der Waals surface area (Å²) < 4.78 is 5.20. The maximum Gasteiger partial charge on any atom is 0.235 e. The van der Waals surface area contributed by atoms with E-state index < -0.39 is 0 Å². The molecular weight excluding hydrogens is 286 g/mol. The predicted molar refractivity (Wildman–Crippen MR) is 93.2 cm³/mol. The number of rotatable bonds is 4. The largest absolute Gasteiger partial charge is 0.497 e. The summed E-state index contributed by atoms with van der Waals surface area (Å²) in [7, 11) is 1.65. The van der Waals surface area contributed by atoms with Crippen molar-refractivity contribution in [2.45, 2.75) is 39.0 Å². The van der Waals surface area contributed by atoms with Crippen molar-refractivity contribution in [3.05, 3.63) is 58.7 Å². The molecule has 1 saturated carbocycles. The van der Waals surface area contributed by atoms with Crippen molar-refractivity contribution >= 4 is 11.6 Å². The van der Waals surface area contributed by atoms with E-state index in [2.05, 4.69) is 24.4 Å². The first-order chi connectivity index (χ1) is 11.0. The lowest BCUT2D eigenvalue weighted by Crippen LogP contribution is -2.28. The van der Waals surface area contributed by atoms with E-state index in [-0.39, 0.29) is 11.3 Å². The number of aryl methyl sites for hydroxylation is 3. The van der Waals surface area contributed by atoms with E-state index >= 15 is 0 Å². The Balaban J connectivity index is 1.85. The van der Waals surface area contributed by atoms with Crippen molar-refractivity contribution in [1.82, 2.24) is 0 Å². The van der Waals surface area contributed by atoms with Gasteiger partial charge in [-0.15, -0.1) is 0 Å². The standard InChI is InChI=1S/C20H23NO2/c1-13-11-14(2)18(15(3)12-13)21-19(22)20(9-10-20)16-5-7-17(23-4)8-6-16/h5-8,11-12H,9-10H2,1-4H3,(H,21,22). The minimum atomic E-state index is -0.379. The normalized spacial score (nSPS) is 15.1. The van der Waals surface area contributed by atoms with Crippen LogP contribution in [0.3, 0.4) is 0 Å². The van der Waals surface area contributed by atoms with Crippen molar-refractivity contribution < 1.29 is 9.53 Å². The molecule has 1 aliphatic rings. The number of hydrogen-bond donors (Lipinski definition) is 1. The van der Waals surface area contributed by atoms with Gasteiger partial charge in [0.05, 0.1) is 12.5 Å². The average molecular weight is 309 g/mol. The van der Waals surface area contributed by atoms with E-state index in [4.69, 9.17) is 4.74 Å². The van der Waals surface area contributed by atoms with Gasteiger partial charge < -0.3 is 10.1 Å². The van der Waals surface area contributed by atoms with Crippen LogP contribution in [0, 0.1) is 20.8 Å². The minimum absolute atomic E-state index is 0.0951. The summed E-state index contributed by atoms with van der Waals surface area (Å²) in [6.07, 6.45) is 1.80. The van der Waals surface area contributed by atoms with Crippen LogP contribution in [-0.2, 0) is 10.2 Å². The highest BCUT2D eigenvalue weighted by Gasteiger charge is 2.51. The number of ether oxygens (including phenoxy) is 1. The van der Waals surface area contributed by atoms with Crippen molar-refractivity contribution in [2.75, 3.05) is 12.4 Å². The molecule has 1 N–H and O–H groups in total. The molecule has 0 atom stereocenters. The SMILES string of the molecule is COc1ccc(C2(C(=O)Nc3c(C)cc(C)cc3C)CC2)cc1. The summed E-state index contributed by atoms with van der Waals surface area (Å²) in [6.45, 7) is 6.16. The number of nitrogens with one attached hydrogen (secondary N) is 1. The molecule has 0 unspecified atom stereocenters. The Morgan fingerprint density at radius 1 is 1.04 bits per heavy atom. The van der Waals surface area contributed by atoms with Gasteiger partial charge in [-0.25, -0.2) is 0 Å². The Labute approximate surface area is 137 Å².